The zero-order valence-electron chi connectivity index (χ0n) is 20.1. The highest BCUT2D eigenvalue weighted by atomic mass is 15.2. The van der Waals surface area contributed by atoms with Crippen LogP contribution in [0.3, 0.4) is 0 Å². The predicted octanol–water partition coefficient (Wildman–Crippen LogP) is 4.94. The first-order valence-corrected chi connectivity index (χ1v) is 12.7. The normalized spacial score (nSPS) is 16.9. The molecule has 6 rings (SSSR count). The van der Waals surface area contributed by atoms with E-state index in [1.165, 1.54) is 29.4 Å². The zero-order valence-corrected chi connectivity index (χ0v) is 20.1. The fraction of sp³-hybridized carbons (Fsp3) is 0.357. The summed E-state index contributed by atoms with van der Waals surface area (Å²) in [5.41, 5.74) is 4.44. The summed E-state index contributed by atoms with van der Waals surface area (Å²) in [6.45, 7) is 6.00. The van der Waals surface area contributed by atoms with Gasteiger partial charge in [-0.2, -0.15) is 0 Å². The van der Waals surface area contributed by atoms with Crippen LogP contribution in [0.15, 0.2) is 61.1 Å². The highest BCUT2D eigenvalue weighted by Gasteiger charge is 2.29. The van der Waals surface area contributed by atoms with E-state index < -0.39 is 0 Å². The molecule has 178 valence electrons. The third kappa shape index (κ3) is 4.56. The van der Waals surface area contributed by atoms with E-state index in [0.29, 0.717) is 5.92 Å². The van der Waals surface area contributed by atoms with Crippen molar-refractivity contribution >= 4 is 22.5 Å². The van der Waals surface area contributed by atoms with Gasteiger partial charge in [0.15, 0.2) is 5.82 Å². The molecule has 4 heterocycles. The Labute approximate surface area is 206 Å². The topological polar surface area (TPSA) is 78.9 Å². The SMILES string of the molecule is CCC(Nc1cc(-c2nc(N3CCNCC3)c3c(C4CC4)cncc3n2)ccn1)c1ccccc1. The van der Waals surface area contributed by atoms with Crippen LogP contribution in [-0.2, 0) is 0 Å². The molecule has 1 unspecified atom stereocenters. The number of benzene rings is 1. The Morgan fingerprint density at radius 1 is 1.06 bits per heavy atom. The van der Waals surface area contributed by atoms with Gasteiger partial charge in [-0.05, 0) is 48.4 Å². The van der Waals surface area contributed by atoms with Crippen LogP contribution in [0.25, 0.3) is 22.3 Å². The van der Waals surface area contributed by atoms with Gasteiger partial charge in [-0.25, -0.2) is 15.0 Å². The molecular formula is C28H31N7. The van der Waals surface area contributed by atoms with E-state index in [-0.39, 0.29) is 6.04 Å². The summed E-state index contributed by atoms with van der Waals surface area (Å²) < 4.78 is 0. The van der Waals surface area contributed by atoms with Gasteiger partial charge in [-0.1, -0.05) is 37.3 Å². The van der Waals surface area contributed by atoms with Crippen molar-refractivity contribution in [3.63, 3.8) is 0 Å². The van der Waals surface area contributed by atoms with Crippen molar-refractivity contribution < 1.29 is 0 Å². The lowest BCUT2D eigenvalue weighted by Crippen LogP contribution is -2.44. The molecule has 7 heteroatoms. The molecule has 1 atom stereocenters. The summed E-state index contributed by atoms with van der Waals surface area (Å²) in [7, 11) is 0. The van der Waals surface area contributed by atoms with Crippen LogP contribution in [0.5, 0.6) is 0 Å². The van der Waals surface area contributed by atoms with Crippen molar-refractivity contribution in [3.05, 3.63) is 72.2 Å². The maximum atomic E-state index is 5.17. The number of piperazine rings is 1. The Kier molecular flexibility index (Phi) is 6.00. The molecule has 1 aliphatic carbocycles. The molecular weight excluding hydrogens is 434 g/mol. The molecule has 0 radical (unpaired) electrons. The first-order chi connectivity index (χ1) is 17.3. The van der Waals surface area contributed by atoms with Gasteiger partial charge in [0.2, 0.25) is 0 Å². The standard InChI is InChI=1S/C28H31N7/c1-2-23(20-6-4-3-5-7-20)32-25-16-21(10-11-31-25)27-33-24-18-30-17-22(19-8-9-19)26(24)28(34-27)35-14-12-29-13-15-35/h3-7,10-11,16-19,23,29H,2,8-9,12-15H2,1H3,(H,31,32). The summed E-state index contributed by atoms with van der Waals surface area (Å²) in [5, 5.41) is 8.24. The third-order valence-corrected chi connectivity index (χ3v) is 7.00. The van der Waals surface area contributed by atoms with Crippen LogP contribution < -0.4 is 15.5 Å². The van der Waals surface area contributed by atoms with E-state index in [1.807, 2.05) is 30.7 Å². The van der Waals surface area contributed by atoms with Crippen molar-refractivity contribution in [2.24, 2.45) is 0 Å². The van der Waals surface area contributed by atoms with E-state index in [1.54, 1.807) is 0 Å². The molecule has 7 nitrogen and oxygen atoms in total. The number of rotatable bonds is 7. The second kappa shape index (κ2) is 9.58. The van der Waals surface area contributed by atoms with Crippen molar-refractivity contribution in [3.8, 4) is 11.4 Å². The van der Waals surface area contributed by atoms with Gasteiger partial charge in [0.25, 0.3) is 0 Å². The molecule has 1 saturated carbocycles. The number of nitrogens with one attached hydrogen (secondary N) is 2. The molecule has 2 N–H and O–H groups in total. The second-order valence-electron chi connectivity index (χ2n) is 9.45. The van der Waals surface area contributed by atoms with Gasteiger partial charge in [0.05, 0.1) is 17.8 Å². The van der Waals surface area contributed by atoms with E-state index in [9.17, 15) is 0 Å². The van der Waals surface area contributed by atoms with E-state index in [2.05, 4.69) is 62.8 Å². The van der Waals surface area contributed by atoms with Crippen molar-refractivity contribution in [2.45, 2.75) is 38.1 Å². The largest absolute Gasteiger partial charge is 0.363 e. The summed E-state index contributed by atoms with van der Waals surface area (Å²) in [6.07, 6.45) is 9.17. The number of aromatic nitrogens is 4. The lowest BCUT2D eigenvalue weighted by atomic mass is 10.0. The number of hydrogen-bond donors (Lipinski definition) is 2. The maximum Gasteiger partial charge on any atom is 0.162 e. The summed E-state index contributed by atoms with van der Waals surface area (Å²) in [6, 6.07) is 14.8. The molecule has 2 aliphatic rings. The van der Waals surface area contributed by atoms with Crippen LogP contribution in [0, 0.1) is 0 Å². The van der Waals surface area contributed by atoms with Crippen LogP contribution in [-0.4, -0.2) is 46.1 Å². The molecule has 0 spiro atoms. The van der Waals surface area contributed by atoms with Crippen molar-refractivity contribution in [1.29, 1.82) is 0 Å². The summed E-state index contributed by atoms with van der Waals surface area (Å²) in [5.74, 6) is 3.18. The Bertz CT molecular complexity index is 1310. The van der Waals surface area contributed by atoms with Crippen LogP contribution >= 0.6 is 0 Å². The Morgan fingerprint density at radius 2 is 1.89 bits per heavy atom. The van der Waals surface area contributed by atoms with E-state index >= 15 is 0 Å². The number of hydrogen-bond acceptors (Lipinski definition) is 7. The third-order valence-electron chi connectivity index (χ3n) is 7.00. The number of nitrogens with zero attached hydrogens (tertiary/aromatic N) is 5. The first kappa shape index (κ1) is 21.9. The van der Waals surface area contributed by atoms with Crippen LogP contribution in [0.2, 0.25) is 0 Å². The van der Waals surface area contributed by atoms with Gasteiger partial charge in [-0.15, -0.1) is 0 Å². The highest BCUT2D eigenvalue weighted by molar-refractivity contribution is 5.94. The minimum Gasteiger partial charge on any atom is -0.363 e. The predicted molar refractivity (Wildman–Crippen MR) is 141 cm³/mol. The monoisotopic (exact) mass is 465 g/mol. The minimum absolute atomic E-state index is 0.193. The smallest absolute Gasteiger partial charge is 0.162 e. The Balaban J connectivity index is 1.40. The van der Waals surface area contributed by atoms with Crippen molar-refractivity contribution in [2.75, 3.05) is 36.4 Å². The van der Waals surface area contributed by atoms with Crippen molar-refractivity contribution in [1.82, 2.24) is 25.3 Å². The fourth-order valence-corrected chi connectivity index (χ4v) is 4.96. The molecule has 3 aromatic heterocycles. The second-order valence-corrected chi connectivity index (χ2v) is 9.45. The molecule has 1 saturated heterocycles. The molecule has 1 aliphatic heterocycles. The van der Waals surface area contributed by atoms with E-state index in [0.717, 1.165) is 61.1 Å². The molecule has 2 fully saturated rings. The molecule has 35 heavy (non-hydrogen) atoms. The average Bonchev–Trinajstić information content (AvgIpc) is 3.77. The number of fused-ring (bicyclic) bond motifs is 1. The quantitative estimate of drug-likeness (QED) is 0.400. The lowest BCUT2D eigenvalue weighted by Gasteiger charge is -2.30. The number of pyridine rings is 2. The van der Waals surface area contributed by atoms with Gasteiger partial charge in [0.1, 0.15) is 11.6 Å². The van der Waals surface area contributed by atoms with Crippen LogP contribution in [0.4, 0.5) is 11.6 Å². The van der Waals surface area contributed by atoms with Gasteiger partial charge < -0.3 is 15.5 Å². The highest BCUT2D eigenvalue weighted by Crippen LogP contribution is 2.44. The van der Waals surface area contributed by atoms with Gasteiger partial charge >= 0.3 is 0 Å². The average molecular weight is 466 g/mol. The van der Waals surface area contributed by atoms with Crippen LogP contribution in [0.1, 0.15) is 49.3 Å². The molecule has 0 bridgehead atoms. The lowest BCUT2D eigenvalue weighted by molar-refractivity contribution is 0.586. The molecule has 1 aromatic carbocycles. The first-order valence-electron chi connectivity index (χ1n) is 12.7. The van der Waals surface area contributed by atoms with Gasteiger partial charge in [0, 0.05) is 49.5 Å². The summed E-state index contributed by atoms with van der Waals surface area (Å²) in [4.78, 5) is 21.7. The van der Waals surface area contributed by atoms with E-state index in [4.69, 9.17) is 9.97 Å². The van der Waals surface area contributed by atoms with Gasteiger partial charge in [-0.3, -0.25) is 4.98 Å². The maximum absolute atomic E-state index is 5.17. The zero-order chi connectivity index (χ0) is 23.6. The fourth-order valence-electron chi connectivity index (χ4n) is 4.96. The number of anilines is 2. The summed E-state index contributed by atoms with van der Waals surface area (Å²) >= 11 is 0. The Morgan fingerprint density at radius 3 is 2.66 bits per heavy atom. The Hall–Kier alpha value is -3.58. The molecule has 4 aromatic rings. The minimum atomic E-state index is 0.193. The molecule has 0 amide bonds.